The van der Waals surface area contributed by atoms with Crippen molar-refractivity contribution >= 4 is 23.2 Å². The molecule has 0 saturated heterocycles. The van der Waals surface area contributed by atoms with Gasteiger partial charge in [0.15, 0.2) is 0 Å². The van der Waals surface area contributed by atoms with E-state index in [9.17, 15) is 9.59 Å². The molecule has 0 N–H and O–H groups in total. The van der Waals surface area contributed by atoms with E-state index >= 15 is 0 Å². The van der Waals surface area contributed by atoms with Crippen LogP contribution >= 0.6 is 11.3 Å². The summed E-state index contributed by atoms with van der Waals surface area (Å²) in [6, 6.07) is 8.09. The van der Waals surface area contributed by atoms with Gasteiger partial charge in [-0.15, -0.1) is 17.9 Å². The normalized spacial score (nSPS) is 17.7. The van der Waals surface area contributed by atoms with E-state index in [0.717, 1.165) is 36.1 Å². The summed E-state index contributed by atoms with van der Waals surface area (Å²) >= 11 is 1.74. The second kappa shape index (κ2) is 9.27. The largest absolute Gasteiger partial charge is 0.491 e. The van der Waals surface area contributed by atoms with Crippen molar-refractivity contribution in [1.29, 1.82) is 0 Å². The lowest BCUT2D eigenvalue weighted by atomic mass is 10.00. The average molecular weight is 439 g/mol. The standard InChI is InChI=1S/C25H30N2O3S/c1-4-11-26(25(29)19-6-7-19)15-24(28)27-12-9-23-20(10-13-31-23)21(27)16-30-22-8-5-17(2)14-18(22)3/h4-5,8,10,13-14,19,21H,1,6-7,9,11-12,15-16H2,2-3H3/t21-/m1/s1. The van der Waals surface area contributed by atoms with Gasteiger partial charge in [-0.2, -0.15) is 0 Å². The van der Waals surface area contributed by atoms with Crippen molar-refractivity contribution in [2.24, 2.45) is 5.92 Å². The van der Waals surface area contributed by atoms with Crippen molar-refractivity contribution in [3.63, 3.8) is 0 Å². The summed E-state index contributed by atoms with van der Waals surface area (Å²) in [7, 11) is 0. The van der Waals surface area contributed by atoms with Crippen LogP contribution in [0.1, 0.15) is 40.5 Å². The third kappa shape index (κ3) is 4.85. The van der Waals surface area contributed by atoms with E-state index in [1.165, 1.54) is 10.4 Å². The van der Waals surface area contributed by atoms with Crippen molar-refractivity contribution in [1.82, 2.24) is 9.80 Å². The van der Waals surface area contributed by atoms with Gasteiger partial charge in [0, 0.05) is 23.9 Å². The Morgan fingerprint density at radius 2 is 2.10 bits per heavy atom. The van der Waals surface area contributed by atoms with Crippen molar-refractivity contribution in [3.8, 4) is 5.75 Å². The van der Waals surface area contributed by atoms with Gasteiger partial charge in [0.05, 0.1) is 6.04 Å². The van der Waals surface area contributed by atoms with E-state index in [1.807, 2.05) is 24.0 Å². The first-order valence-electron chi connectivity index (χ1n) is 10.9. The minimum atomic E-state index is -0.148. The lowest BCUT2D eigenvalue weighted by molar-refractivity contribution is -0.142. The van der Waals surface area contributed by atoms with Gasteiger partial charge in [-0.05, 0) is 61.7 Å². The van der Waals surface area contributed by atoms with E-state index in [0.29, 0.717) is 19.7 Å². The van der Waals surface area contributed by atoms with E-state index in [-0.39, 0.29) is 30.3 Å². The molecule has 1 atom stereocenters. The van der Waals surface area contributed by atoms with Gasteiger partial charge in [0.25, 0.3) is 0 Å². The van der Waals surface area contributed by atoms with Crippen LogP contribution in [0.15, 0.2) is 42.3 Å². The van der Waals surface area contributed by atoms with Gasteiger partial charge in [0.1, 0.15) is 18.9 Å². The zero-order chi connectivity index (χ0) is 22.0. The molecular weight excluding hydrogens is 408 g/mol. The minimum absolute atomic E-state index is 0.0260. The van der Waals surface area contributed by atoms with Crippen LogP contribution in [-0.4, -0.2) is 47.9 Å². The van der Waals surface area contributed by atoms with Gasteiger partial charge in [0.2, 0.25) is 11.8 Å². The second-order valence-electron chi connectivity index (χ2n) is 8.51. The molecule has 0 radical (unpaired) electrons. The summed E-state index contributed by atoms with van der Waals surface area (Å²) in [5, 5.41) is 2.09. The van der Waals surface area contributed by atoms with Crippen LogP contribution in [0.25, 0.3) is 0 Å². The summed E-state index contributed by atoms with van der Waals surface area (Å²) in [5.74, 6) is 0.977. The van der Waals surface area contributed by atoms with Crippen LogP contribution in [0.3, 0.4) is 0 Å². The number of benzene rings is 1. The second-order valence-corrected chi connectivity index (χ2v) is 9.51. The molecule has 2 amide bonds. The lowest BCUT2D eigenvalue weighted by Gasteiger charge is -2.37. The Morgan fingerprint density at radius 3 is 2.81 bits per heavy atom. The first-order chi connectivity index (χ1) is 15.0. The predicted octanol–water partition coefficient (Wildman–Crippen LogP) is 4.29. The molecule has 0 spiro atoms. The van der Waals surface area contributed by atoms with Gasteiger partial charge < -0.3 is 14.5 Å². The Balaban J connectivity index is 1.51. The van der Waals surface area contributed by atoms with Crippen LogP contribution in [-0.2, 0) is 16.0 Å². The number of amides is 2. The lowest BCUT2D eigenvalue weighted by Crippen LogP contribution is -2.48. The highest BCUT2D eigenvalue weighted by atomic mass is 32.1. The number of ether oxygens (including phenoxy) is 1. The zero-order valence-corrected chi connectivity index (χ0v) is 19.1. The summed E-state index contributed by atoms with van der Waals surface area (Å²) in [5.41, 5.74) is 3.45. The minimum Gasteiger partial charge on any atom is -0.491 e. The Kier molecular flexibility index (Phi) is 6.46. The van der Waals surface area contributed by atoms with Gasteiger partial charge >= 0.3 is 0 Å². The summed E-state index contributed by atoms with van der Waals surface area (Å²) in [6.45, 7) is 9.41. The maximum absolute atomic E-state index is 13.3. The third-order valence-corrected chi connectivity index (χ3v) is 7.05. The molecule has 31 heavy (non-hydrogen) atoms. The van der Waals surface area contributed by atoms with Crippen LogP contribution in [0.5, 0.6) is 5.75 Å². The fourth-order valence-corrected chi connectivity index (χ4v) is 5.16. The molecule has 5 nitrogen and oxygen atoms in total. The van der Waals surface area contributed by atoms with Crippen LogP contribution in [0.4, 0.5) is 0 Å². The average Bonchev–Trinajstić information content (AvgIpc) is 3.48. The number of thiophene rings is 1. The van der Waals surface area contributed by atoms with Crippen LogP contribution in [0, 0.1) is 19.8 Å². The highest BCUT2D eigenvalue weighted by Gasteiger charge is 2.37. The number of carbonyl (C=O) groups excluding carboxylic acids is 2. The quantitative estimate of drug-likeness (QED) is 0.578. The van der Waals surface area contributed by atoms with E-state index in [1.54, 1.807) is 22.3 Å². The van der Waals surface area contributed by atoms with Crippen LogP contribution < -0.4 is 4.74 Å². The Hall–Kier alpha value is -2.60. The van der Waals surface area contributed by atoms with E-state index < -0.39 is 0 Å². The molecule has 4 rings (SSSR count). The Labute approximate surface area is 188 Å². The van der Waals surface area contributed by atoms with Gasteiger partial charge in [-0.1, -0.05) is 23.8 Å². The highest BCUT2D eigenvalue weighted by Crippen LogP contribution is 2.35. The maximum Gasteiger partial charge on any atom is 0.242 e. The fourth-order valence-electron chi connectivity index (χ4n) is 4.24. The molecule has 1 fully saturated rings. The van der Waals surface area contributed by atoms with E-state index in [4.69, 9.17) is 4.74 Å². The third-order valence-electron chi connectivity index (χ3n) is 6.06. The number of rotatable bonds is 8. The van der Waals surface area contributed by atoms with Crippen molar-refractivity contribution in [2.75, 3.05) is 26.2 Å². The van der Waals surface area contributed by atoms with Gasteiger partial charge in [-0.25, -0.2) is 0 Å². The van der Waals surface area contributed by atoms with Crippen molar-refractivity contribution < 1.29 is 14.3 Å². The molecule has 1 saturated carbocycles. The number of hydrogen-bond acceptors (Lipinski definition) is 4. The summed E-state index contributed by atoms with van der Waals surface area (Å²) < 4.78 is 6.20. The number of carbonyl (C=O) groups is 2. The number of hydrogen-bond donors (Lipinski definition) is 0. The first kappa shape index (κ1) is 21.6. The summed E-state index contributed by atoms with van der Waals surface area (Å²) in [6.07, 6.45) is 4.39. The Bertz CT molecular complexity index is 979. The molecule has 2 aromatic rings. The Morgan fingerprint density at radius 1 is 1.29 bits per heavy atom. The monoisotopic (exact) mass is 438 g/mol. The van der Waals surface area contributed by atoms with Crippen molar-refractivity contribution in [2.45, 2.75) is 39.2 Å². The van der Waals surface area contributed by atoms with Crippen LogP contribution in [0.2, 0.25) is 0 Å². The fraction of sp³-hybridized carbons (Fsp3) is 0.440. The SMILES string of the molecule is C=CCN(CC(=O)N1CCc2sccc2[C@H]1COc1ccc(C)cc1C)C(=O)C1CC1. The van der Waals surface area contributed by atoms with Gasteiger partial charge in [-0.3, -0.25) is 9.59 Å². The molecule has 1 aromatic heterocycles. The molecule has 0 unspecified atom stereocenters. The zero-order valence-electron chi connectivity index (χ0n) is 18.3. The molecule has 2 heterocycles. The number of aryl methyl sites for hydroxylation is 2. The molecule has 1 aliphatic carbocycles. The number of fused-ring (bicyclic) bond motifs is 1. The molecule has 1 aromatic carbocycles. The molecule has 0 bridgehead atoms. The maximum atomic E-state index is 13.3. The summed E-state index contributed by atoms with van der Waals surface area (Å²) in [4.78, 5) is 30.8. The molecular formula is C25H30N2O3S. The molecule has 2 aliphatic rings. The smallest absolute Gasteiger partial charge is 0.242 e. The molecule has 6 heteroatoms. The van der Waals surface area contributed by atoms with Crippen molar-refractivity contribution in [3.05, 3.63) is 63.9 Å². The first-order valence-corrected chi connectivity index (χ1v) is 11.8. The predicted molar refractivity (Wildman–Crippen MR) is 123 cm³/mol. The van der Waals surface area contributed by atoms with E-state index in [2.05, 4.69) is 31.0 Å². The number of nitrogens with zero attached hydrogens (tertiary/aromatic N) is 2. The molecule has 164 valence electrons. The highest BCUT2D eigenvalue weighted by molar-refractivity contribution is 7.10. The molecule has 1 aliphatic heterocycles. The topological polar surface area (TPSA) is 49.9 Å².